The van der Waals surface area contributed by atoms with Gasteiger partial charge in [0.2, 0.25) is 6.79 Å². The molecule has 2 fully saturated rings. The van der Waals surface area contributed by atoms with E-state index in [1.807, 2.05) is 48.2 Å². The zero-order chi connectivity index (χ0) is 48.0. The molecule has 0 radical (unpaired) electrons. The summed E-state index contributed by atoms with van der Waals surface area (Å²) in [4.78, 5) is 46.7. The van der Waals surface area contributed by atoms with Gasteiger partial charge < -0.3 is 43.4 Å². The highest BCUT2D eigenvalue weighted by molar-refractivity contribution is 7.99. The summed E-state index contributed by atoms with van der Waals surface area (Å²) in [6.45, 7) is 8.79. The average Bonchev–Trinajstić information content (AvgIpc) is 3.80. The second kappa shape index (κ2) is 16.9. The minimum Gasteiger partial charge on any atom is -0.507 e. The van der Waals surface area contributed by atoms with Gasteiger partial charge in [0, 0.05) is 40.6 Å². The van der Waals surface area contributed by atoms with Crippen LogP contribution < -0.4 is 29.0 Å². The number of carbonyl (C=O) groups is 3. The topological polar surface area (TPSA) is 199 Å². The molecule has 4 aromatic rings. The van der Waals surface area contributed by atoms with Crippen molar-refractivity contribution in [3.63, 3.8) is 0 Å². The molecular formula is C51H52N4O12S. The first-order valence-electron chi connectivity index (χ1n) is 22.5. The number of methoxy groups -OCH3 is 2. The maximum absolute atomic E-state index is 15.2. The normalized spacial score (nSPS) is 25.6. The van der Waals surface area contributed by atoms with E-state index in [0.717, 1.165) is 16.7 Å². The number of phenolic OH excluding ortho intramolecular Hbond substituents is 2. The number of carbonyl (C=O) groups excluding carboxylic acids is 3. The fourth-order valence-electron chi connectivity index (χ4n) is 11.2. The number of thioether (sulfide) groups is 1. The summed E-state index contributed by atoms with van der Waals surface area (Å²) < 4.78 is 42.3. The number of nitrogens with zero attached hydrogens (tertiary/aromatic N) is 3. The predicted molar refractivity (Wildman–Crippen MR) is 248 cm³/mol. The van der Waals surface area contributed by atoms with Crippen LogP contribution in [0.15, 0.2) is 54.6 Å². The van der Waals surface area contributed by atoms with Gasteiger partial charge in [0.05, 0.1) is 49.7 Å². The molecule has 7 atom stereocenters. The van der Waals surface area contributed by atoms with Crippen molar-refractivity contribution >= 4 is 35.9 Å². The number of aryl methyl sites for hydroxylation is 1. The van der Waals surface area contributed by atoms with Crippen LogP contribution in [0.25, 0.3) is 6.08 Å². The Hall–Kier alpha value is -6.61. The van der Waals surface area contributed by atoms with Crippen LogP contribution in [0.4, 0.5) is 4.79 Å². The average molecular weight is 945 g/mol. The molecule has 1 unspecified atom stereocenters. The number of fused-ring (bicyclic) bond motifs is 9. The molecule has 7 aliphatic rings. The molecule has 3 N–H and O–H groups in total. The van der Waals surface area contributed by atoms with Crippen LogP contribution in [0, 0.1) is 25.2 Å². The van der Waals surface area contributed by atoms with Gasteiger partial charge in [-0.05, 0) is 93.5 Å². The molecule has 68 heavy (non-hydrogen) atoms. The Bertz CT molecular complexity index is 2840. The molecule has 16 nitrogen and oxygen atoms in total. The van der Waals surface area contributed by atoms with E-state index in [2.05, 4.69) is 11.4 Å². The van der Waals surface area contributed by atoms with E-state index in [1.54, 1.807) is 50.8 Å². The zero-order valence-corrected chi connectivity index (χ0v) is 39.5. The van der Waals surface area contributed by atoms with E-state index in [1.165, 1.54) is 32.1 Å². The largest absolute Gasteiger partial charge is 0.507 e. The lowest BCUT2D eigenvalue weighted by Gasteiger charge is -2.62. The van der Waals surface area contributed by atoms with Crippen LogP contribution in [0.1, 0.15) is 88.2 Å². The van der Waals surface area contributed by atoms with Crippen LogP contribution in [-0.4, -0.2) is 102 Å². The number of phenols is 2. The monoisotopic (exact) mass is 944 g/mol. The molecule has 11 rings (SSSR count). The van der Waals surface area contributed by atoms with Gasteiger partial charge in [0.25, 0.3) is 0 Å². The lowest BCUT2D eigenvalue weighted by atomic mass is 9.71. The highest BCUT2D eigenvalue weighted by atomic mass is 32.2. The highest BCUT2D eigenvalue weighted by Gasteiger charge is 2.64. The van der Waals surface area contributed by atoms with Gasteiger partial charge in [-0.3, -0.25) is 15.1 Å². The number of nitriles is 1. The number of benzene rings is 4. The van der Waals surface area contributed by atoms with Gasteiger partial charge in [0.15, 0.2) is 40.0 Å². The molecule has 2 saturated heterocycles. The van der Waals surface area contributed by atoms with Gasteiger partial charge in [-0.1, -0.05) is 36.4 Å². The van der Waals surface area contributed by atoms with Crippen LogP contribution >= 0.6 is 11.8 Å². The number of piperazine rings is 1. The third kappa shape index (κ3) is 7.06. The Labute approximate surface area is 397 Å². The molecule has 0 aliphatic carbocycles. The van der Waals surface area contributed by atoms with Crippen molar-refractivity contribution in [2.24, 2.45) is 0 Å². The van der Waals surface area contributed by atoms with Crippen molar-refractivity contribution in [1.82, 2.24) is 15.1 Å². The molecule has 0 aromatic heterocycles. The molecular weight excluding hydrogens is 893 g/mol. The van der Waals surface area contributed by atoms with Gasteiger partial charge in [-0.2, -0.15) is 5.26 Å². The molecule has 4 aromatic carbocycles. The van der Waals surface area contributed by atoms with Crippen LogP contribution in [-0.2, 0) is 37.4 Å². The van der Waals surface area contributed by atoms with Crippen molar-refractivity contribution < 1.29 is 57.8 Å². The number of esters is 2. The first kappa shape index (κ1) is 45.2. The summed E-state index contributed by atoms with van der Waals surface area (Å²) >= 11 is 1.34. The third-order valence-electron chi connectivity index (χ3n) is 13.9. The summed E-state index contributed by atoms with van der Waals surface area (Å²) in [5.41, 5.74) is 2.92. The summed E-state index contributed by atoms with van der Waals surface area (Å²) in [6, 6.07) is 12.7. The first-order valence-corrected chi connectivity index (χ1v) is 23.6. The van der Waals surface area contributed by atoms with Crippen molar-refractivity contribution in [2.75, 3.05) is 39.9 Å². The summed E-state index contributed by atoms with van der Waals surface area (Å²) in [5.74, 6) is -0.0791. The van der Waals surface area contributed by atoms with Crippen LogP contribution in [0.3, 0.4) is 0 Å². The van der Waals surface area contributed by atoms with Gasteiger partial charge >= 0.3 is 18.0 Å². The fourth-order valence-corrected chi connectivity index (χ4v) is 12.9. The van der Waals surface area contributed by atoms with Crippen molar-refractivity contribution in [1.29, 1.82) is 5.26 Å². The number of ether oxygens (including phenoxy) is 7. The molecule has 0 saturated carbocycles. The number of nitrogens with one attached hydrogen (secondary N) is 1. The fraction of sp³-hybridized carbons (Fsp3) is 0.412. The summed E-state index contributed by atoms with van der Waals surface area (Å²) in [6.07, 6.45) is 2.97. The molecule has 7 aliphatic heterocycles. The Morgan fingerprint density at radius 2 is 1.74 bits per heavy atom. The van der Waals surface area contributed by atoms with Gasteiger partial charge in [-0.25, -0.2) is 14.4 Å². The number of hydrogen-bond donors (Lipinski definition) is 3. The molecule has 17 heteroatoms. The number of rotatable bonds is 5. The lowest BCUT2D eigenvalue weighted by Crippen LogP contribution is -2.71. The third-order valence-corrected chi connectivity index (χ3v) is 15.4. The minimum absolute atomic E-state index is 0.00282. The molecule has 7 heterocycles. The minimum atomic E-state index is -1.52. The Morgan fingerprint density at radius 3 is 2.46 bits per heavy atom. The first-order chi connectivity index (χ1) is 32.6. The molecule has 1 spiro atoms. The number of amides is 1. The highest BCUT2D eigenvalue weighted by Crippen LogP contribution is 2.65. The second-order valence-electron chi connectivity index (χ2n) is 18.9. The number of hydrogen-bond acceptors (Lipinski definition) is 16. The second-order valence-corrected chi connectivity index (χ2v) is 20.0. The maximum atomic E-state index is 15.2. The zero-order valence-electron chi connectivity index (χ0n) is 38.7. The molecule has 1 amide bonds. The quantitative estimate of drug-likeness (QED) is 0.105. The van der Waals surface area contributed by atoms with Crippen molar-refractivity contribution in [3.8, 4) is 46.3 Å². The lowest BCUT2D eigenvalue weighted by molar-refractivity contribution is -0.157. The van der Waals surface area contributed by atoms with E-state index in [0.29, 0.717) is 57.8 Å². The number of aromatic hydroxyl groups is 2. The van der Waals surface area contributed by atoms with E-state index >= 15 is 4.79 Å². The Kier molecular flexibility index (Phi) is 11.2. The standard InChI is InChI=1S/C51H52N4O12S/c1-25-17-29-18-31-32(21-52)54-33-22-63-48(59)51(30-20-34(61-6)35(19-28(30)15-16-53-51)66-36(56)14-13-27-11-9-8-10-12-27)23-68-47(39-38(33)46-45(64-24-65-46)26(2)42(39)57)41(54)40(37(29)43(58)44(25)62-7)55(31)49(60)67-50(3,4)5/h8-14,17,19-20,31-33,40-41,47,53,57-58H,15-16,18,22-24H2,1-7H3/b14-13+/t31-,32-,33-,40-,41?,47+,51+/m0/s1. The molecule has 4 bridgehead atoms. The Balaban J connectivity index is 1.15. The molecule has 354 valence electrons. The predicted octanol–water partition coefficient (Wildman–Crippen LogP) is 6.99. The maximum Gasteiger partial charge on any atom is 0.411 e. The van der Waals surface area contributed by atoms with Crippen LogP contribution in [0.5, 0.6) is 40.2 Å². The van der Waals surface area contributed by atoms with E-state index in [9.17, 15) is 25.1 Å². The Morgan fingerprint density at radius 1 is 0.971 bits per heavy atom. The summed E-state index contributed by atoms with van der Waals surface area (Å²) in [7, 11) is 2.92. The van der Waals surface area contributed by atoms with E-state index in [4.69, 9.17) is 33.2 Å². The SMILES string of the molecule is COc1cc2c(cc1OC(=O)/C=C/c1ccccc1)CCN[C@]21CS[C@@H]2c3c(O)c(C)c4c(c3[C@H](COC1=O)N1C2[C@@H]2c3c(cc(C)c(OC)c3O)C[C@@H]([C@@H]1C#N)N2C(=O)OC(C)(C)C)OCO4. The van der Waals surface area contributed by atoms with Gasteiger partial charge in [-0.15, -0.1) is 11.8 Å². The van der Waals surface area contributed by atoms with Crippen LogP contribution in [0.2, 0.25) is 0 Å². The van der Waals surface area contributed by atoms with Gasteiger partial charge in [0.1, 0.15) is 24.0 Å². The summed E-state index contributed by atoms with van der Waals surface area (Å²) in [5, 5.41) is 39.0. The van der Waals surface area contributed by atoms with Crippen molar-refractivity contribution in [3.05, 3.63) is 105 Å². The van der Waals surface area contributed by atoms with E-state index < -0.39 is 64.6 Å². The van der Waals surface area contributed by atoms with Crippen molar-refractivity contribution in [2.45, 2.75) is 94.1 Å². The van der Waals surface area contributed by atoms with E-state index in [-0.39, 0.29) is 54.3 Å². The smallest absolute Gasteiger partial charge is 0.411 e.